The molecule has 0 fully saturated rings. The van der Waals surface area contributed by atoms with Gasteiger partial charge in [0, 0.05) is 29.9 Å². The minimum Gasteiger partial charge on any atom is -0.356 e. The summed E-state index contributed by atoms with van der Waals surface area (Å²) in [6.45, 7) is 1.85. The quantitative estimate of drug-likeness (QED) is 0.548. The Bertz CT molecular complexity index is 1020. The molecule has 1 N–H and O–H groups in total. The average molecular weight is 368 g/mol. The van der Waals surface area contributed by atoms with Gasteiger partial charge in [0.25, 0.3) is 5.56 Å². The fourth-order valence-electron chi connectivity index (χ4n) is 2.65. The van der Waals surface area contributed by atoms with Crippen LogP contribution in [0, 0.1) is 6.92 Å². The third-order valence-electron chi connectivity index (χ3n) is 4.15. The Morgan fingerprint density at radius 1 is 1.08 bits per heavy atom. The number of carbonyl (C=O) groups is 1. The molecule has 132 valence electrons. The molecular weight excluding hydrogens is 350 g/mol. The van der Waals surface area contributed by atoms with E-state index in [2.05, 4.69) is 5.32 Å². The van der Waals surface area contributed by atoms with Gasteiger partial charge in [0.15, 0.2) is 5.78 Å². The van der Waals surface area contributed by atoms with Gasteiger partial charge in [0.05, 0.1) is 11.4 Å². The van der Waals surface area contributed by atoms with Crippen LogP contribution in [0.1, 0.15) is 16.1 Å². The zero-order chi connectivity index (χ0) is 18.7. The zero-order valence-electron chi connectivity index (χ0n) is 14.4. The molecule has 0 bridgehead atoms. The van der Waals surface area contributed by atoms with Gasteiger partial charge in [-0.05, 0) is 43.3 Å². The number of allylic oxidation sites excluding steroid dienone is 1. The Hall–Kier alpha value is -3.05. The molecule has 0 unspecified atom stereocenters. The molecule has 3 rings (SSSR count). The average Bonchev–Trinajstić information content (AvgIpc) is 2.86. The second-order valence-corrected chi connectivity index (χ2v) is 6.22. The predicted molar refractivity (Wildman–Crippen MR) is 104 cm³/mol. The van der Waals surface area contributed by atoms with E-state index in [4.69, 9.17) is 11.6 Å². The summed E-state index contributed by atoms with van der Waals surface area (Å²) >= 11 is 5.82. The molecule has 2 aromatic carbocycles. The van der Waals surface area contributed by atoms with Crippen molar-refractivity contribution in [3.8, 4) is 5.69 Å². The molecule has 1 heterocycles. The SMILES string of the molecule is Cc1c(NC=CC(=O)c2ccc(Cl)cc2)c(=O)n(-c2ccccc2)n1C. The van der Waals surface area contributed by atoms with Crippen molar-refractivity contribution in [1.29, 1.82) is 0 Å². The van der Waals surface area contributed by atoms with E-state index in [-0.39, 0.29) is 11.3 Å². The van der Waals surface area contributed by atoms with Crippen LogP contribution in [0.3, 0.4) is 0 Å². The van der Waals surface area contributed by atoms with Crippen molar-refractivity contribution in [2.45, 2.75) is 6.92 Å². The summed E-state index contributed by atoms with van der Waals surface area (Å²) in [6.07, 6.45) is 2.87. The van der Waals surface area contributed by atoms with Crippen LogP contribution in [0.25, 0.3) is 5.69 Å². The van der Waals surface area contributed by atoms with Gasteiger partial charge in [-0.3, -0.25) is 14.3 Å². The number of nitrogens with zero attached hydrogens (tertiary/aromatic N) is 2. The third kappa shape index (κ3) is 3.48. The monoisotopic (exact) mass is 367 g/mol. The van der Waals surface area contributed by atoms with Crippen molar-refractivity contribution in [2.24, 2.45) is 7.05 Å². The van der Waals surface area contributed by atoms with Crippen LogP contribution < -0.4 is 10.9 Å². The molecule has 0 aliphatic carbocycles. The van der Waals surface area contributed by atoms with E-state index in [1.165, 1.54) is 12.3 Å². The molecular formula is C20H18ClN3O2. The number of para-hydroxylation sites is 1. The fourth-order valence-corrected chi connectivity index (χ4v) is 2.77. The van der Waals surface area contributed by atoms with Gasteiger partial charge >= 0.3 is 0 Å². The number of nitrogens with one attached hydrogen (secondary N) is 1. The Kier molecular flexibility index (Phi) is 5.09. The Morgan fingerprint density at radius 3 is 2.38 bits per heavy atom. The van der Waals surface area contributed by atoms with Crippen molar-refractivity contribution in [3.05, 3.63) is 93.5 Å². The summed E-state index contributed by atoms with van der Waals surface area (Å²) in [5.41, 5.74) is 2.31. The van der Waals surface area contributed by atoms with Gasteiger partial charge in [-0.1, -0.05) is 29.8 Å². The summed E-state index contributed by atoms with van der Waals surface area (Å²) in [4.78, 5) is 24.9. The summed E-state index contributed by atoms with van der Waals surface area (Å²) in [5.74, 6) is -0.175. The topological polar surface area (TPSA) is 56.0 Å². The van der Waals surface area contributed by atoms with Crippen molar-refractivity contribution in [3.63, 3.8) is 0 Å². The highest BCUT2D eigenvalue weighted by Crippen LogP contribution is 2.14. The number of halogens is 1. The summed E-state index contributed by atoms with van der Waals surface area (Å²) in [5, 5.41) is 3.52. The lowest BCUT2D eigenvalue weighted by atomic mass is 10.1. The number of anilines is 1. The molecule has 0 aliphatic heterocycles. The van der Waals surface area contributed by atoms with Gasteiger partial charge < -0.3 is 5.32 Å². The largest absolute Gasteiger partial charge is 0.356 e. The molecule has 6 heteroatoms. The van der Waals surface area contributed by atoms with Gasteiger partial charge in [-0.25, -0.2) is 4.68 Å². The van der Waals surface area contributed by atoms with Crippen molar-refractivity contribution in [2.75, 3.05) is 5.32 Å². The van der Waals surface area contributed by atoms with E-state index in [1.54, 1.807) is 33.6 Å². The Labute approximate surface area is 156 Å². The van der Waals surface area contributed by atoms with Crippen molar-refractivity contribution in [1.82, 2.24) is 9.36 Å². The lowest BCUT2D eigenvalue weighted by Gasteiger charge is -2.07. The van der Waals surface area contributed by atoms with Crippen LogP contribution in [0.15, 0.2) is 71.7 Å². The smallest absolute Gasteiger partial charge is 0.295 e. The van der Waals surface area contributed by atoms with Crippen LogP contribution in [-0.4, -0.2) is 15.1 Å². The van der Waals surface area contributed by atoms with Gasteiger partial charge in [-0.2, -0.15) is 0 Å². The summed E-state index contributed by atoms with van der Waals surface area (Å²) in [7, 11) is 1.82. The normalized spacial score (nSPS) is 11.0. The second-order valence-electron chi connectivity index (χ2n) is 5.79. The number of rotatable bonds is 5. The minimum atomic E-state index is -0.181. The molecule has 3 aromatic rings. The van der Waals surface area contributed by atoms with E-state index >= 15 is 0 Å². The maximum Gasteiger partial charge on any atom is 0.295 e. The van der Waals surface area contributed by atoms with Gasteiger partial charge in [0.2, 0.25) is 0 Å². The first-order valence-electron chi connectivity index (χ1n) is 8.06. The molecule has 1 aromatic heterocycles. The maximum atomic E-state index is 12.7. The molecule has 5 nitrogen and oxygen atoms in total. The van der Waals surface area contributed by atoms with Crippen LogP contribution >= 0.6 is 11.6 Å². The number of hydrogen-bond donors (Lipinski definition) is 1. The van der Waals surface area contributed by atoms with Crippen LogP contribution in [0.2, 0.25) is 5.02 Å². The highest BCUT2D eigenvalue weighted by Gasteiger charge is 2.14. The van der Waals surface area contributed by atoms with E-state index in [0.29, 0.717) is 16.3 Å². The molecule has 0 saturated carbocycles. The molecule has 26 heavy (non-hydrogen) atoms. The molecule has 0 atom stereocenters. The van der Waals surface area contributed by atoms with Crippen LogP contribution in [-0.2, 0) is 7.05 Å². The second kappa shape index (κ2) is 7.45. The zero-order valence-corrected chi connectivity index (χ0v) is 15.2. The molecule has 0 saturated heterocycles. The molecule has 0 aliphatic rings. The summed E-state index contributed by atoms with van der Waals surface area (Å²) in [6, 6.07) is 16.0. The van der Waals surface area contributed by atoms with E-state index in [0.717, 1.165) is 11.4 Å². The fraction of sp³-hybridized carbons (Fsp3) is 0.100. The molecule has 0 radical (unpaired) electrons. The van der Waals surface area contributed by atoms with Gasteiger partial charge in [0.1, 0.15) is 5.69 Å². The first-order chi connectivity index (χ1) is 12.5. The first kappa shape index (κ1) is 17.8. The first-order valence-corrected chi connectivity index (χ1v) is 8.44. The Balaban J connectivity index is 1.84. The third-order valence-corrected chi connectivity index (χ3v) is 4.40. The highest BCUT2D eigenvalue weighted by atomic mass is 35.5. The van der Waals surface area contributed by atoms with Crippen molar-refractivity contribution >= 4 is 23.1 Å². The van der Waals surface area contributed by atoms with Gasteiger partial charge in [-0.15, -0.1) is 0 Å². The minimum absolute atomic E-state index is 0.175. The van der Waals surface area contributed by atoms with Crippen molar-refractivity contribution < 1.29 is 4.79 Å². The molecule has 0 amide bonds. The number of benzene rings is 2. The van der Waals surface area contributed by atoms with E-state index in [1.807, 2.05) is 44.3 Å². The lowest BCUT2D eigenvalue weighted by Crippen LogP contribution is -2.20. The van der Waals surface area contributed by atoms with E-state index < -0.39 is 0 Å². The Morgan fingerprint density at radius 2 is 1.73 bits per heavy atom. The predicted octanol–water partition coefficient (Wildman–Crippen LogP) is 3.95. The lowest BCUT2D eigenvalue weighted by molar-refractivity contribution is 0.104. The maximum absolute atomic E-state index is 12.7. The summed E-state index contributed by atoms with van der Waals surface area (Å²) < 4.78 is 3.35. The van der Waals surface area contributed by atoms with E-state index in [9.17, 15) is 9.59 Å². The van der Waals surface area contributed by atoms with Crippen LogP contribution in [0.5, 0.6) is 0 Å². The number of carbonyl (C=O) groups excluding carboxylic acids is 1. The number of ketones is 1. The number of aromatic nitrogens is 2. The molecule has 0 spiro atoms. The standard InChI is InChI=1S/C20H18ClN3O2/c1-14-19(20(26)24(23(14)2)17-6-4-3-5-7-17)22-13-12-18(25)15-8-10-16(21)11-9-15/h3-13,22H,1-2H3. The number of hydrogen-bond acceptors (Lipinski definition) is 3. The highest BCUT2D eigenvalue weighted by molar-refractivity contribution is 6.30. The van der Waals surface area contributed by atoms with Crippen LogP contribution in [0.4, 0.5) is 5.69 Å².